The quantitative estimate of drug-likeness (QED) is 0.608. The Morgan fingerprint density at radius 3 is 2.86 bits per heavy atom. The van der Waals surface area contributed by atoms with Crippen LogP contribution in [-0.4, -0.2) is 56.7 Å². The predicted molar refractivity (Wildman–Crippen MR) is 107 cm³/mol. The lowest BCUT2D eigenvalue weighted by Crippen LogP contribution is -2.40. The summed E-state index contributed by atoms with van der Waals surface area (Å²) in [7, 11) is 0. The lowest BCUT2D eigenvalue weighted by Gasteiger charge is -2.24. The molecule has 148 valence electrons. The molecule has 0 spiro atoms. The first-order valence-electron chi connectivity index (χ1n) is 9.63. The van der Waals surface area contributed by atoms with E-state index in [0.29, 0.717) is 23.0 Å². The van der Waals surface area contributed by atoms with Crippen molar-refractivity contribution in [2.24, 2.45) is 0 Å². The fraction of sp³-hybridized carbons (Fsp3) is 0.474. The van der Waals surface area contributed by atoms with E-state index in [1.165, 1.54) is 23.5 Å². The summed E-state index contributed by atoms with van der Waals surface area (Å²) in [5, 5.41) is 8.87. The number of rotatable bonds is 7. The second-order valence-electron chi connectivity index (χ2n) is 6.79. The van der Waals surface area contributed by atoms with E-state index < -0.39 is 0 Å². The average Bonchev–Trinajstić information content (AvgIpc) is 3.39. The van der Waals surface area contributed by atoms with Crippen molar-refractivity contribution < 1.29 is 9.18 Å². The molecule has 1 aromatic carbocycles. The van der Waals surface area contributed by atoms with E-state index in [1.807, 2.05) is 4.57 Å². The standard InChI is InChI=1S/C19H23FN6OS/c1-3-24(4-2)10-11-26(18(27)17-23-22-16-6-5-9-25(16)17)19-21-14-8-7-13(20)12-15(14)28-19/h7-8,12H,3-6,9-11H2,1-2H3. The van der Waals surface area contributed by atoms with Crippen molar-refractivity contribution in [3.05, 3.63) is 35.7 Å². The lowest BCUT2D eigenvalue weighted by molar-refractivity contribution is 0.0969. The van der Waals surface area contributed by atoms with Crippen LogP contribution >= 0.6 is 11.3 Å². The Hall–Kier alpha value is -2.39. The van der Waals surface area contributed by atoms with E-state index in [9.17, 15) is 9.18 Å². The number of carbonyl (C=O) groups excluding carboxylic acids is 1. The van der Waals surface area contributed by atoms with Crippen molar-refractivity contribution in [1.29, 1.82) is 0 Å². The molecule has 9 heteroatoms. The molecule has 0 saturated carbocycles. The van der Waals surface area contributed by atoms with Gasteiger partial charge in [-0.3, -0.25) is 9.69 Å². The van der Waals surface area contributed by atoms with Crippen molar-refractivity contribution in [3.8, 4) is 0 Å². The smallest absolute Gasteiger partial charge is 0.298 e. The van der Waals surface area contributed by atoms with E-state index in [0.717, 1.165) is 49.5 Å². The number of nitrogens with zero attached hydrogens (tertiary/aromatic N) is 6. The van der Waals surface area contributed by atoms with E-state index >= 15 is 0 Å². The molecule has 4 rings (SSSR count). The largest absolute Gasteiger partial charge is 0.307 e. The van der Waals surface area contributed by atoms with E-state index in [2.05, 4.69) is 33.9 Å². The van der Waals surface area contributed by atoms with Gasteiger partial charge in [-0.25, -0.2) is 9.37 Å². The minimum Gasteiger partial charge on any atom is -0.307 e. The number of carbonyl (C=O) groups is 1. The van der Waals surface area contributed by atoms with Gasteiger partial charge in [0, 0.05) is 26.1 Å². The number of benzene rings is 1. The molecule has 1 aliphatic heterocycles. The summed E-state index contributed by atoms with van der Waals surface area (Å²) in [4.78, 5) is 21.9. The van der Waals surface area contributed by atoms with Crippen LogP contribution in [-0.2, 0) is 13.0 Å². The summed E-state index contributed by atoms with van der Waals surface area (Å²) in [6.07, 6.45) is 1.82. The highest BCUT2D eigenvalue weighted by Gasteiger charge is 2.29. The summed E-state index contributed by atoms with van der Waals surface area (Å²) in [6.45, 7) is 7.99. The summed E-state index contributed by atoms with van der Waals surface area (Å²) >= 11 is 1.32. The van der Waals surface area contributed by atoms with E-state index in [-0.39, 0.29) is 11.7 Å². The molecule has 7 nitrogen and oxygen atoms in total. The van der Waals surface area contributed by atoms with Crippen LogP contribution in [0.5, 0.6) is 0 Å². The molecular formula is C19H23FN6OS. The van der Waals surface area contributed by atoms with Gasteiger partial charge >= 0.3 is 0 Å². The third-order valence-electron chi connectivity index (χ3n) is 5.15. The zero-order valence-corrected chi connectivity index (χ0v) is 16.9. The van der Waals surface area contributed by atoms with Gasteiger partial charge in [0.2, 0.25) is 5.82 Å². The molecular weight excluding hydrogens is 379 g/mol. The van der Waals surface area contributed by atoms with Crippen LogP contribution in [0.15, 0.2) is 18.2 Å². The number of likely N-dealkylation sites (N-methyl/N-ethyl adjacent to an activating group) is 1. The number of fused-ring (bicyclic) bond motifs is 2. The van der Waals surface area contributed by atoms with Crippen LogP contribution in [0.4, 0.5) is 9.52 Å². The Labute approximate surface area is 166 Å². The maximum atomic E-state index is 13.6. The van der Waals surface area contributed by atoms with Crippen molar-refractivity contribution in [3.63, 3.8) is 0 Å². The molecule has 0 atom stereocenters. The van der Waals surface area contributed by atoms with E-state index in [4.69, 9.17) is 0 Å². The number of aromatic nitrogens is 4. The Bertz CT molecular complexity index is 996. The van der Waals surface area contributed by atoms with Gasteiger partial charge in [-0.05, 0) is 37.7 Å². The molecule has 3 aromatic rings. The highest BCUT2D eigenvalue weighted by molar-refractivity contribution is 7.22. The highest BCUT2D eigenvalue weighted by atomic mass is 32.1. The molecule has 2 aromatic heterocycles. The van der Waals surface area contributed by atoms with Gasteiger partial charge in [-0.15, -0.1) is 10.2 Å². The normalized spacial score (nSPS) is 13.4. The monoisotopic (exact) mass is 402 g/mol. The number of thiazole rings is 1. The summed E-state index contributed by atoms with van der Waals surface area (Å²) in [5.41, 5.74) is 0.688. The fourth-order valence-electron chi connectivity index (χ4n) is 3.50. The topological polar surface area (TPSA) is 67.2 Å². The van der Waals surface area contributed by atoms with Gasteiger partial charge in [0.15, 0.2) is 5.13 Å². The Kier molecular flexibility index (Phi) is 5.36. The van der Waals surface area contributed by atoms with Gasteiger partial charge in [0.1, 0.15) is 11.6 Å². The molecule has 28 heavy (non-hydrogen) atoms. The molecule has 0 unspecified atom stereocenters. The minimum atomic E-state index is -0.306. The minimum absolute atomic E-state index is 0.202. The molecule has 0 aliphatic carbocycles. The molecule has 1 amide bonds. The first-order valence-corrected chi connectivity index (χ1v) is 10.4. The Morgan fingerprint density at radius 2 is 2.07 bits per heavy atom. The van der Waals surface area contributed by atoms with Crippen LogP contribution in [0.2, 0.25) is 0 Å². The molecule has 0 fully saturated rings. The first kappa shape index (κ1) is 18.9. The van der Waals surface area contributed by atoms with Gasteiger partial charge in [-0.2, -0.15) is 0 Å². The number of hydrogen-bond acceptors (Lipinski definition) is 6. The number of aryl methyl sites for hydroxylation is 1. The maximum Gasteiger partial charge on any atom is 0.298 e. The Morgan fingerprint density at radius 1 is 1.25 bits per heavy atom. The van der Waals surface area contributed by atoms with Crippen molar-refractivity contribution in [2.75, 3.05) is 31.1 Å². The number of anilines is 1. The fourth-order valence-corrected chi connectivity index (χ4v) is 4.51. The van der Waals surface area contributed by atoms with Crippen molar-refractivity contribution >= 4 is 32.6 Å². The van der Waals surface area contributed by atoms with Gasteiger partial charge in [0.05, 0.1) is 10.2 Å². The van der Waals surface area contributed by atoms with Crippen LogP contribution in [0.25, 0.3) is 10.2 Å². The van der Waals surface area contributed by atoms with Crippen molar-refractivity contribution in [2.45, 2.75) is 33.2 Å². The molecule has 0 N–H and O–H groups in total. The third kappa shape index (κ3) is 3.51. The van der Waals surface area contributed by atoms with Crippen LogP contribution in [0.3, 0.4) is 0 Å². The van der Waals surface area contributed by atoms with Gasteiger partial charge in [0.25, 0.3) is 5.91 Å². The van der Waals surface area contributed by atoms with Gasteiger partial charge in [-0.1, -0.05) is 25.2 Å². The molecule has 0 radical (unpaired) electrons. The lowest BCUT2D eigenvalue weighted by atomic mass is 10.3. The molecule has 3 heterocycles. The zero-order chi connectivity index (χ0) is 19.7. The van der Waals surface area contributed by atoms with Crippen LogP contribution in [0, 0.1) is 5.82 Å². The third-order valence-corrected chi connectivity index (χ3v) is 6.19. The number of halogens is 1. The predicted octanol–water partition coefficient (Wildman–Crippen LogP) is 2.96. The maximum absolute atomic E-state index is 13.6. The SMILES string of the molecule is CCN(CC)CCN(C(=O)c1nnc2n1CCC2)c1nc2ccc(F)cc2s1. The molecule has 1 aliphatic rings. The van der Waals surface area contributed by atoms with E-state index in [1.54, 1.807) is 11.0 Å². The summed E-state index contributed by atoms with van der Waals surface area (Å²) in [6, 6.07) is 4.49. The second-order valence-corrected chi connectivity index (χ2v) is 7.80. The highest BCUT2D eigenvalue weighted by Crippen LogP contribution is 2.30. The molecule has 0 bridgehead atoms. The average molecular weight is 402 g/mol. The number of hydrogen-bond donors (Lipinski definition) is 0. The number of amides is 1. The van der Waals surface area contributed by atoms with Gasteiger partial charge < -0.3 is 9.47 Å². The Balaban J connectivity index is 1.68. The van der Waals surface area contributed by atoms with Crippen LogP contribution in [0.1, 0.15) is 36.7 Å². The first-order chi connectivity index (χ1) is 13.6. The van der Waals surface area contributed by atoms with Crippen molar-refractivity contribution in [1.82, 2.24) is 24.6 Å². The second kappa shape index (κ2) is 7.92. The van der Waals surface area contributed by atoms with Crippen LogP contribution < -0.4 is 4.90 Å². The summed E-state index contributed by atoms with van der Waals surface area (Å²) < 4.78 is 16.2. The molecule has 0 saturated heterocycles. The summed E-state index contributed by atoms with van der Waals surface area (Å²) in [5.74, 6) is 0.710. The zero-order valence-electron chi connectivity index (χ0n) is 16.1.